The molecule has 0 radical (unpaired) electrons. The van der Waals surface area contributed by atoms with Crippen LogP contribution >= 0.6 is 0 Å². The van der Waals surface area contributed by atoms with E-state index in [0.29, 0.717) is 24.8 Å². The van der Waals surface area contributed by atoms with Crippen LogP contribution in [0.1, 0.15) is 37.7 Å². The van der Waals surface area contributed by atoms with E-state index >= 15 is 0 Å². The van der Waals surface area contributed by atoms with Gasteiger partial charge in [0.15, 0.2) is 0 Å². The summed E-state index contributed by atoms with van der Waals surface area (Å²) < 4.78 is 5.40. The van der Waals surface area contributed by atoms with Crippen molar-refractivity contribution in [3.8, 4) is 5.75 Å². The molecule has 0 aromatic heterocycles. The summed E-state index contributed by atoms with van der Waals surface area (Å²) in [4.78, 5) is 27.0. The van der Waals surface area contributed by atoms with Gasteiger partial charge >= 0.3 is 0 Å². The minimum absolute atomic E-state index is 0.0298. The van der Waals surface area contributed by atoms with Crippen molar-refractivity contribution >= 4 is 17.5 Å². The van der Waals surface area contributed by atoms with Gasteiger partial charge in [-0.2, -0.15) is 0 Å². The van der Waals surface area contributed by atoms with Crippen molar-refractivity contribution in [1.82, 2.24) is 5.32 Å². The first kappa shape index (κ1) is 18.7. The number of nitrogens with one attached hydrogen (secondary N) is 1. The normalized spacial score (nSPS) is 26.0. The third-order valence-electron chi connectivity index (χ3n) is 5.66. The van der Waals surface area contributed by atoms with Crippen LogP contribution < -0.4 is 20.7 Å². The number of methoxy groups -OCH3 is 1. The zero-order valence-corrected chi connectivity index (χ0v) is 15.7. The van der Waals surface area contributed by atoms with Crippen molar-refractivity contribution < 1.29 is 14.3 Å². The lowest BCUT2D eigenvalue weighted by Gasteiger charge is -2.32. The molecular formula is C20H29N3O3. The molecule has 3 N–H and O–H groups in total. The molecule has 0 bridgehead atoms. The molecule has 6 heteroatoms. The average Bonchev–Trinajstić information content (AvgIpc) is 3.04. The second-order valence-electron chi connectivity index (χ2n) is 7.48. The van der Waals surface area contributed by atoms with Gasteiger partial charge in [-0.05, 0) is 49.9 Å². The van der Waals surface area contributed by atoms with Crippen molar-refractivity contribution in [2.24, 2.45) is 17.6 Å². The van der Waals surface area contributed by atoms with Gasteiger partial charge in [0.25, 0.3) is 0 Å². The molecule has 1 saturated heterocycles. The highest BCUT2D eigenvalue weighted by Gasteiger charge is 2.37. The molecule has 2 amide bonds. The van der Waals surface area contributed by atoms with Crippen LogP contribution in [0.15, 0.2) is 18.2 Å². The summed E-state index contributed by atoms with van der Waals surface area (Å²) in [6.45, 7) is 2.97. The third-order valence-corrected chi connectivity index (χ3v) is 5.66. The first-order valence-corrected chi connectivity index (χ1v) is 9.49. The fourth-order valence-corrected chi connectivity index (χ4v) is 4.11. The van der Waals surface area contributed by atoms with Crippen LogP contribution in [0, 0.1) is 18.8 Å². The van der Waals surface area contributed by atoms with Gasteiger partial charge in [-0.15, -0.1) is 0 Å². The lowest BCUT2D eigenvalue weighted by molar-refractivity contribution is -0.127. The number of rotatable bonds is 5. The molecule has 1 aliphatic heterocycles. The predicted octanol–water partition coefficient (Wildman–Crippen LogP) is 1.99. The molecule has 0 spiro atoms. The fraction of sp³-hybridized carbons (Fsp3) is 0.600. The summed E-state index contributed by atoms with van der Waals surface area (Å²) in [5, 5.41) is 3.17. The van der Waals surface area contributed by atoms with Crippen LogP contribution in [0.5, 0.6) is 5.75 Å². The highest BCUT2D eigenvalue weighted by Crippen LogP contribution is 2.34. The number of benzene rings is 1. The first-order valence-electron chi connectivity index (χ1n) is 9.49. The molecule has 3 unspecified atom stereocenters. The summed E-state index contributed by atoms with van der Waals surface area (Å²) in [5.41, 5.74) is 7.65. The number of hydrogen-bond donors (Lipinski definition) is 2. The van der Waals surface area contributed by atoms with Gasteiger partial charge in [-0.3, -0.25) is 9.59 Å². The van der Waals surface area contributed by atoms with Crippen LogP contribution in [0.4, 0.5) is 5.69 Å². The van der Waals surface area contributed by atoms with Gasteiger partial charge in [0.1, 0.15) is 5.75 Å². The number of carbonyl (C=O) groups excluding carboxylic acids is 2. The van der Waals surface area contributed by atoms with Crippen LogP contribution in [0.2, 0.25) is 0 Å². The van der Waals surface area contributed by atoms with Gasteiger partial charge < -0.3 is 20.7 Å². The molecule has 1 saturated carbocycles. The Morgan fingerprint density at radius 3 is 2.85 bits per heavy atom. The molecule has 3 atom stereocenters. The van der Waals surface area contributed by atoms with Gasteiger partial charge in [-0.25, -0.2) is 0 Å². The zero-order valence-electron chi connectivity index (χ0n) is 15.7. The number of nitrogens with two attached hydrogens (primary N) is 1. The molecule has 2 fully saturated rings. The first-order chi connectivity index (χ1) is 12.5. The largest absolute Gasteiger partial charge is 0.495 e. The molecular weight excluding hydrogens is 330 g/mol. The van der Waals surface area contributed by atoms with Crippen molar-refractivity contribution in [3.63, 3.8) is 0 Å². The van der Waals surface area contributed by atoms with E-state index in [9.17, 15) is 9.59 Å². The zero-order chi connectivity index (χ0) is 18.7. The lowest BCUT2D eigenvalue weighted by atomic mass is 9.84. The van der Waals surface area contributed by atoms with E-state index in [1.165, 1.54) is 6.42 Å². The Morgan fingerprint density at radius 1 is 1.35 bits per heavy atom. The number of nitrogens with zero attached hydrogens (tertiary/aromatic N) is 1. The molecule has 26 heavy (non-hydrogen) atoms. The Kier molecular flexibility index (Phi) is 5.81. The molecule has 1 heterocycles. The number of amides is 2. The second-order valence-corrected chi connectivity index (χ2v) is 7.48. The van der Waals surface area contributed by atoms with Gasteiger partial charge in [0.05, 0.1) is 18.7 Å². The lowest BCUT2D eigenvalue weighted by Crippen LogP contribution is -2.47. The van der Waals surface area contributed by atoms with Crippen molar-refractivity contribution in [3.05, 3.63) is 23.8 Å². The Labute approximate surface area is 155 Å². The predicted molar refractivity (Wildman–Crippen MR) is 101 cm³/mol. The van der Waals surface area contributed by atoms with Gasteiger partial charge in [0.2, 0.25) is 11.8 Å². The van der Waals surface area contributed by atoms with Crippen LogP contribution in [0.3, 0.4) is 0 Å². The van der Waals surface area contributed by atoms with E-state index in [1.54, 1.807) is 12.0 Å². The molecule has 1 aromatic carbocycles. The van der Waals surface area contributed by atoms with Crippen molar-refractivity contribution in [2.45, 2.75) is 45.1 Å². The summed E-state index contributed by atoms with van der Waals surface area (Å²) in [7, 11) is 1.59. The Balaban J connectivity index is 1.69. The van der Waals surface area contributed by atoms with E-state index in [2.05, 4.69) is 5.32 Å². The van der Waals surface area contributed by atoms with E-state index in [-0.39, 0.29) is 30.2 Å². The topological polar surface area (TPSA) is 84.7 Å². The van der Waals surface area contributed by atoms with Crippen molar-refractivity contribution in [2.75, 3.05) is 25.1 Å². The van der Waals surface area contributed by atoms with E-state index < -0.39 is 0 Å². The average molecular weight is 359 g/mol. The standard InChI is InChI=1S/C20H29N3O3/c1-13-7-8-18(26-2)17(9-13)23-12-15(10-19(23)24)20(25)22-16-6-4-3-5-14(16)11-21/h7-9,14-16H,3-6,10-12,21H2,1-2H3,(H,22,25). The molecule has 2 aliphatic rings. The highest BCUT2D eigenvalue weighted by molar-refractivity contribution is 6.01. The Bertz CT molecular complexity index is 676. The number of hydrogen-bond acceptors (Lipinski definition) is 4. The van der Waals surface area contributed by atoms with Crippen LogP contribution in [-0.4, -0.2) is 38.1 Å². The molecule has 1 aromatic rings. The van der Waals surface area contributed by atoms with Gasteiger partial charge in [0, 0.05) is 19.0 Å². The maximum absolute atomic E-state index is 12.8. The summed E-state index contributed by atoms with van der Waals surface area (Å²) in [6, 6.07) is 5.88. The maximum atomic E-state index is 12.8. The van der Waals surface area contributed by atoms with E-state index in [0.717, 1.165) is 30.5 Å². The Hall–Kier alpha value is -2.08. The smallest absolute Gasteiger partial charge is 0.227 e. The summed E-state index contributed by atoms with van der Waals surface area (Å²) in [6.07, 6.45) is 4.58. The van der Waals surface area contributed by atoms with Crippen molar-refractivity contribution in [1.29, 1.82) is 0 Å². The monoisotopic (exact) mass is 359 g/mol. The molecule has 6 nitrogen and oxygen atoms in total. The third kappa shape index (κ3) is 3.85. The minimum atomic E-state index is -0.326. The van der Waals surface area contributed by atoms with Gasteiger partial charge in [-0.1, -0.05) is 18.9 Å². The number of aryl methyl sites for hydroxylation is 1. The van der Waals surface area contributed by atoms with E-state index in [1.807, 2.05) is 25.1 Å². The Morgan fingerprint density at radius 2 is 2.12 bits per heavy atom. The van der Waals surface area contributed by atoms with E-state index in [4.69, 9.17) is 10.5 Å². The second kappa shape index (κ2) is 8.08. The molecule has 1 aliphatic carbocycles. The number of carbonyl (C=O) groups is 2. The molecule has 142 valence electrons. The van der Waals surface area contributed by atoms with Crippen LogP contribution in [-0.2, 0) is 9.59 Å². The summed E-state index contributed by atoms with van der Waals surface area (Å²) >= 11 is 0. The maximum Gasteiger partial charge on any atom is 0.227 e. The van der Waals surface area contributed by atoms with Crippen LogP contribution in [0.25, 0.3) is 0 Å². The minimum Gasteiger partial charge on any atom is -0.495 e. The highest BCUT2D eigenvalue weighted by atomic mass is 16.5. The SMILES string of the molecule is COc1ccc(C)cc1N1CC(C(=O)NC2CCCCC2CN)CC1=O. The molecule has 3 rings (SSSR count). The fourth-order valence-electron chi connectivity index (χ4n) is 4.11. The number of ether oxygens (including phenoxy) is 1. The summed E-state index contributed by atoms with van der Waals surface area (Å²) in [5.74, 6) is 0.609. The quantitative estimate of drug-likeness (QED) is 0.842. The number of anilines is 1.